The van der Waals surface area contributed by atoms with E-state index < -0.39 is 0 Å². The summed E-state index contributed by atoms with van der Waals surface area (Å²) in [5.41, 5.74) is 5.06. The van der Waals surface area contributed by atoms with Crippen molar-refractivity contribution < 1.29 is 15.3 Å². The molecule has 0 heterocycles. The fraction of sp³-hybridized carbons (Fsp3) is 0.500. The minimum Gasteiger partial charge on any atom is -0.465 e. The highest BCUT2D eigenvalue weighted by Crippen LogP contribution is 2.18. The molecule has 0 aliphatic heterocycles. The van der Waals surface area contributed by atoms with Crippen LogP contribution < -0.4 is 5.73 Å². The number of hydrogen-bond acceptors (Lipinski definition) is 2. The van der Waals surface area contributed by atoms with Gasteiger partial charge in [0, 0.05) is 5.92 Å². The van der Waals surface area contributed by atoms with Crippen LogP contribution in [0.15, 0.2) is 30.3 Å². The van der Waals surface area contributed by atoms with Gasteiger partial charge in [0.1, 0.15) is 0 Å². The number of rotatable bonds is 6. The molecule has 1 atom stereocenters. The smallest absolute Gasteiger partial charge is 0.306 e. The molecule has 0 aliphatic rings. The van der Waals surface area contributed by atoms with E-state index in [1.165, 1.54) is 0 Å². The highest BCUT2D eigenvalue weighted by Gasteiger charge is 2.17. The Kier molecular flexibility index (Phi) is 5.70. The zero-order valence-corrected chi connectivity index (χ0v) is 10.7. The molecular weight excluding hydrogens is 214 g/mol. The zero-order valence-electron chi connectivity index (χ0n) is 10.7. The lowest BCUT2D eigenvalue weighted by Crippen LogP contribution is -2.53. The van der Waals surface area contributed by atoms with Crippen LogP contribution >= 0.6 is 0 Å². The Morgan fingerprint density at radius 2 is 1.94 bits per heavy atom. The Labute approximate surface area is 103 Å². The van der Waals surface area contributed by atoms with Gasteiger partial charge >= 0.3 is 5.97 Å². The van der Waals surface area contributed by atoms with Crippen LogP contribution in [0.4, 0.5) is 0 Å². The maximum atomic E-state index is 11.6. The SMILES string of the molecule is CC(C)COC(=O)C[C@@H](C[NH3+])c1ccccc1. The van der Waals surface area contributed by atoms with Gasteiger partial charge in [0.25, 0.3) is 0 Å². The topological polar surface area (TPSA) is 53.9 Å². The molecule has 0 unspecified atom stereocenters. The number of carbonyl (C=O) groups is 1. The van der Waals surface area contributed by atoms with E-state index in [1.807, 2.05) is 44.2 Å². The van der Waals surface area contributed by atoms with Crippen LogP contribution in [0.1, 0.15) is 31.7 Å². The Balaban J connectivity index is 2.50. The summed E-state index contributed by atoms with van der Waals surface area (Å²) < 4.78 is 5.19. The molecule has 0 spiro atoms. The van der Waals surface area contributed by atoms with Crippen LogP contribution in [0.3, 0.4) is 0 Å². The molecule has 0 bridgehead atoms. The van der Waals surface area contributed by atoms with Crippen molar-refractivity contribution in [3.8, 4) is 0 Å². The van der Waals surface area contributed by atoms with E-state index in [9.17, 15) is 4.79 Å². The Morgan fingerprint density at radius 1 is 1.29 bits per heavy atom. The second kappa shape index (κ2) is 7.07. The second-order valence-electron chi connectivity index (χ2n) is 4.68. The van der Waals surface area contributed by atoms with Gasteiger partial charge in [0.15, 0.2) is 0 Å². The maximum absolute atomic E-state index is 11.6. The van der Waals surface area contributed by atoms with Gasteiger partial charge in [-0.2, -0.15) is 0 Å². The van der Waals surface area contributed by atoms with Crippen molar-refractivity contribution in [3.05, 3.63) is 35.9 Å². The minimum atomic E-state index is -0.129. The highest BCUT2D eigenvalue weighted by atomic mass is 16.5. The van der Waals surface area contributed by atoms with Crippen molar-refractivity contribution in [2.24, 2.45) is 5.92 Å². The summed E-state index contributed by atoms with van der Waals surface area (Å²) in [5.74, 6) is 0.418. The highest BCUT2D eigenvalue weighted by molar-refractivity contribution is 5.70. The molecule has 0 saturated heterocycles. The van der Waals surface area contributed by atoms with Crippen LogP contribution in [-0.2, 0) is 9.53 Å². The van der Waals surface area contributed by atoms with Crippen LogP contribution in [0.2, 0.25) is 0 Å². The van der Waals surface area contributed by atoms with Gasteiger partial charge in [0.2, 0.25) is 0 Å². The van der Waals surface area contributed by atoms with E-state index in [-0.39, 0.29) is 11.9 Å². The van der Waals surface area contributed by atoms with Gasteiger partial charge in [-0.1, -0.05) is 44.2 Å². The molecule has 0 aromatic heterocycles. The first-order valence-electron chi connectivity index (χ1n) is 6.13. The molecule has 0 aliphatic carbocycles. The summed E-state index contributed by atoms with van der Waals surface area (Å²) in [6, 6.07) is 10.0. The zero-order chi connectivity index (χ0) is 12.7. The lowest BCUT2D eigenvalue weighted by Gasteiger charge is -2.13. The molecule has 0 saturated carbocycles. The summed E-state index contributed by atoms with van der Waals surface area (Å²) in [4.78, 5) is 11.6. The van der Waals surface area contributed by atoms with E-state index in [2.05, 4.69) is 5.73 Å². The number of benzene rings is 1. The Hall–Kier alpha value is -1.35. The third-order valence-corrected chi connectivity index (χ3v) is 2.61. The summed E-state index contributed by atoms with van der Waals surface area (Å²) >= 11 is 0. The summed E-state index contributed by atoms with van der Waals surface area (Å²) in [7, 11) is 0. The monoisotopic (exact) mass is 236 g/mol. The van der Waals surface area contributed by atoms with Crippen LogP contribution in [0, 0.1) is 5.92 Å². The minimum absolute atomic E-state index is 0.129. The summed E-state index contributed by atoms with van der Waals surface area (Å²) in [5, 5.41) is 0. The molecular formula is C14H22NO2+. The summed E-state index contributed by atoms with van der Waals surface area (Å²) in [6.07, 6.45) is 0.417. The summed E-state index contributed by atoms with van der Waals surface area (Å²) in [6.45, 7) is 5.27. The molecule has 1 aromatic rings. The van der Waals surface area contributed by atoms with Crippen molar-refractivity contribution in [1.82, 2.24) is 0 Å². The lowest BCUT2D eigenvalue weighted by molar-refractivity contribution is -0.372. The molecule has 0 amide bonds. The predicted molar refractivity (Wildman–Crippen MR) is 67.4 cm³/mol. The lowest BCUT2D eigenvalue weighted by atomic mass is 9.96. The van der Waals surface area contributed by atoms with Crippen LogP contribution in [-0.4, -0.2) is 19.1 Å². The first-order valence-corrected chi connectivity index (χ1v) is 6.13. The van der Waals surface area contributed by atoms with Crippen molar-refractivity contribution in [1.29, 1.82) is 0 Å². The largest absolute Gasteiger partial charge is 0.465 e. The molecule has 3 heteroatoms. The van der Waals surface area contributed by atoms with Gasteiger partial charge in [-0.3, -0.25) is 4.79 Å². The fourth-order valence-electron chi connectivity index (χ4n) is 1.63. The predicted octanol–water partition coefficient (Wildman–Crippen LogP) is 1.60. The number of quaternary nitrogens is 1. The van der Waals surface area contributed by atoms with Gasteiger partial charge < -0.3 is 10.5 Å². The average Bonchev–Trinajstić information content (AvgIpc) is 2.34. The molecule has 17 heavy (non-hydrogen) atoms. The molecule has 94 valence electrons. The van der Waals surface area contributed by atoms with Crippen molar-refractivity contribution in [3.63, 3.8) is 0 Å². The van der Waals surface area contributed by atoms with E-state index in [0.717, 1.165) is 5.56 Å². The van der Waals surface area contributed by atoms with Gasteiger partial charge in [-0.25, -0.2) is 0 Å². The maximum Gasteiger partial charge on any atom is 0.306 e. The van der Waals surface area contributed by atoms with E-state index >= 15 is 0 Å². The van der Waals surface area contributed by atoms with Gasteiger partial charge in [-0.05, 0) is 11.5 Å². The van der Waals surface area contributed by atoms with Crippen molar-refractivity contribution in [2.45, 2.75) is 26.2 Å². The number of esters is 1. The van der Waals surface area contributed by atoms with Crippen molar-refractivity contribution >= 4 is 5.97 Å². The quantitative estimate of drug-likeness (QED) is 0.763. The van der Waals surface area contributed by atoms with E-state index in [1.54, 1.807) is 0 Å². The third-order valence-electron chi connectivity index (χ3n) is 2.61. The van der Waals surface area contributed by atoms with Gasteiger partial charge in [-0.15, -0.1) is 0 Å². The number of carbonyl (C=O) groups excluding carboxylic acids is 1. The second-order valence-corrected chi connectivity index (χ2v) is 4.68. The van der Waals surface area contributed by atoms with E-state index in [0.29, 0.717) is 25.5 Å². The molecule has 0 radical (unpaired) electrons. The molecule has 3 nitrogen and oxygen atoms in total. The molecule has 3 N–H and O–H groups in total. The standard InChI is InChI=1S/C14H21NO2/c1-11(2)10-17-14(16)8-13(9-15)12-6-4-3-5-7-12/h3-7,11,13H,8-10,15H2,1-2H3/p+1/t13-/m0/s1. The average molecular weight is 236 g/mol. The number of ether oxygens (including phenoxy) is 1. The number of hydrogen-bond donors (Lipinski definition) is 1. The van der Waals surface area contributed by atoms with Gasteiger partial charge in [0.05, 0.1) is 19.6 Å². The normalized spacial score (nSPS) is 12.5. The van der Waals surface area contributed by atoms with Crippen LogP contribution in [0.5, 0.6) is 0 Å². The van der Waals surface area contributed by atoms with Crippen LogP contribution in [0.25, 0.3) is 0 Å². The Bertz CT molecular complexity index is 335. The fourth-order valence-corrected chi connectivity index (χ4v) is 1.63. The molecule has 0 fully saturated rings. The van der Waals surface area contributed by atoms with Crippen molar-refractivity contribution in [2.75, 3.05) is 13.2 Å². The Morgan fingerprint density at radius 3 is 2.47 bits per heavy atom. The first-order chi connectivity index (χ1) is 8.13. The van der Waals surface area contributed by atoms with E-state index in [4.69, 9.17) is 4.74 Å². The third kappa shape index (κ3) is 5.00. The first kappa shape index (κ1) is 13.7. The molecule has 1 aromatic carbocycles. The molecule has 1 rings (SSSR count).